The number of amides is 1. The van der Waals surface area contributed by atoms with Gasteiger partial charge >= 0.3 is 12.1 Å². The van der Waals surface area contributed by atoms with Crippen molar-refractivity contribution in [2.75, 3.05) is 6.54 Å². The van der Waals surface area contributed by atoms with E-state index in [1.165, 1.54) is 6.42 Å². The summed E-state index contributed by atoms with van der Waals surface area (Å²) in [6.07, 6.45) is 5.21. The zero-order valence-corrected chi connectivity index (χ0v) is 15.3. The average Bonchev–Trinajstić information content (AvgIpc) is 2.42. The second-order valence-electron chi connectivity index (χ2n) is 8.25. The van der Waals surface area contributed by atoms with Crippen LogP contribution in [0.5, 0.6) is 0 Å². The van der Waals surface area contributed by atoms with E-state index in [1.807, 2.05) is 13.8 Å². The molecule has 0 bridgehead atoms. The predicted molar refractivity (Wildman–Crippen MR) is 90.3 cm³/mol. The lowest BCUT2D eigenvalue weighted by Crippen LogP contribution is -2.50. The number of hydrogen-bond acceptors (Lipinski definition) is 3. The first-order chi connectivity index (χ1) is 10.6. The number of alkyl carbamates (subject to hydrolysis) is 1. The number of hydrogen-bond donors (Lipinski definition) is 2. The zero-order valence-electron chi connectivity index (χ0n) is 15.3. The molecule has 0 aromatic carbocycles. The highest BCUT2D eigenvalue weighted by molar-refractivity contribution is 5.77. The maximum atomic E-state index is 12.2. The Bertz CT molecular complexity index is 408. The minimum Gasteiger partial charge on any atom is -0.481 e. The van der Waals surface area contributed by atoms with Gasteiger partial charge in [0.2, 0.25) is 0 Å². The SMILES string of the molecule is CC(C)CC(CNC(=O)OC(C)(C)C)(C(=O)O)C1CCCCC1. The van der Waals surface area contributed by atoms with Crippen molar-refractivity contribution >= 4 is 12.1 Å². The molecule has 134 valence electrons. The molecule has 0 saturated heterocycles. The molecule has 5 heteroatoms. The molecule has 1 amide bonds. The van der Waals surface area contributed by atoms with Crippen LogP contribution in [0.4, 0.5) is 4.79 Å². The first-order valence-electron chi connectivity index (χ1n) is 8.77. The maximum Gasteiger partial charge on any atom is 0.407 e. The molecule has 0 aliphatic heterocycles. The van der Waals surface area contributed by atoms with E-state index in [-0.39, 0.29) is 18.4 Å². The van der Waals surface area contributed by atoms with E-state index >= 15 is 0 Å². The summed E-state index contributed by atoms with van der Waals surface area (Å²) in [5.41, 5.74) is -1.48. The summed E-state index contributed by atoms with van der Waals surface area (Å²) in [6, 6.07) is 0. The van der Waals surface area contributed by atoms with Gasteiger partial charge in [-0.15, -0.1) is 0 Å². The van der Waals surface area contributed by atoms with Crippen LogP contribution in [0.1, 0.15) is 73.1 Å². The number of nitrogens with one attached hydrogen (secondary N) is 1. The Labute approximate surface area is 140 Å². The quantitative estimate of drug-likeness (QED) is 0.766. The first-order valence-corrected chi connectivity index (χ1v) is 8.77. The van der Waals surface area contributed by atoms with Gasteiger partial charge in [-0.2, -0.15) is 0 Å². The number of aliphatic carboxylic acids is 1. The monoisotopic (exact) mass is 327 g/mol. The summed E-state index contributed by atoms with van der Waals surface area (Å²) in [5.74, 6) is -0.422. The maximum absolute atomic E-state index is 12.2. The van der Waals surface area contributed by atoms with Crippen LogP contribution in [0.15, 0.2) is 0 Å². The highest BCUT2D eigenvalue weighted by atomic mass is 16.6. The molecule has 0 heterocycles. The fraction of sp³-hybridized carbons (Fsp3) is 0.889. The van der Waals surface area contributed by atoms with E-state index in [0.717, 1.165) is 25.7 Å². The summed E-state index contributed by atoms with van der Waals surface area (Å²) >= 11 is 0. The third-order valence-electron chi connectivity index (χ3n) is 4.53. The lowest BCUT2D eigenvalue weighted by molar-refractivity contribution is -0.154. The Kier molecular flexibility index (Phi) is 6.90. The molecule has 0 aromatic heterocycles. The fourth-order valence-electron chi connectivity index (χ4n) is 3.65. The Morgan fingerprint density at radius 2 is 1.74 bits per heavy atom. The molecule has 0 radical (unpaired) electrons. The number of carboxylic acids is 1. The van der Waals surface area contributed by atoms with Crippen molar-refractivity contribution in [3.8, 4) is 0 Å². The molecule has 23 heavy (non-hydrogen) atoms. The molecule has 2 N–H and O–H groups in total. The molecule has 1 unspecified atom stereocenters. The first kappa shape index (κ1) is 19.8. The third kappa shape index (κ3) is 6.04. The van der Waals surface area contributed by atoms with Crippen LogP contribution in [0.2, 0.25) is 0 Å². The number of rotatable bonds is 6. The van der Waals surface area contributed by atoms with Crippen molar-refractivity contribution in [3.05, 3.63) is 0 Å². The Hall–Kier alpha value is -1.26. The number of carbonyl (C=O) groups excluding carboxylic acids is 1. The van der Waals surface area contributed by atoms with Gasteiger partial charge in [-0.3, -0.25) is 4.79 Å². The molecule has 1 aliphatic rings. The molecule has 1 fully saturated rings. The standard InChI is InChI=1S/C18H33NO4/c1-13(2)11-18(15(20)21,14-9-7-6-8-10-14)12-19-16(22)23-17(3,4)5/h13-14H,6-12H2,1-5H3,(H,19,22)(H,20,21). The molecule has 1 saturated carbocycles. The summed E-state index contributed by atoms with van der Waals surface area (Å²) in [6.45, 7) is 9.60. The van der Waals surface area contributed by atoms with Gasteiger partial charge in [0.25, 0.3) is 0 Å². The van der Waals surface area contributed by atoms with Gasteiger partial charge in [-0.25, -0.2) is 4.79 Å². The Balaban J connectivity index is 2.88. The van der Waals surface area contributed by atoms with Crippen molar-refractivity contribution in [2.45, 2.75) is 78.7 Å². The van der Waals surface area contributed by atoms with Gasteiger partial charge in [0.15, 0.2) is 0 Å². The zero-order chi connectivity index (χ0) is 17.7. The van der Waals surface area contributed by atoms with Crippen LogP contribution >= 0.6 is 0 Å². The van der Waals surface area contributed by atoms with Crippen molar-refractivity contribution in [1.82, 2.24) is 5.32 Å². The van der Waals surface area contributed by atoms with E-state index in [1.54, 1.807) is 20.8 Å². The minimum atomic E-state index is -0.897. The van der Waals surface area contributed by atoms with Gasteiger partial charge in [-0.1, -0.05) is 33.1 Å². The molecule has 0 aromatic rings. The Morgan fingerprint density at radius 1 is 1.17 bits per heavy atom. The lowest BCUT2D eigenvalue weighted by atomic mass is 9.65. The molecular weight excluding hydrogens is 294 g/mol. The second-order valence-corrected chi connectivity index (χ2v) is 8.25. The van der Waals surface area contributed by atoms with Crippen LogP contribution < -0.4 is 5.32 Å². The predicted octanol–water partition coefficient (Wildman–Crippen LogP) is 4.21. The highest BCUT2D eigenvalue weighted by Gasteiger charge is 2.46. The number of carbonyl (C=O) groups is 2. The van der Waals surface area contributed by atoms with Gasteiger partial charge in [0, 0.05) is 6.54 Å². The van der Waals surface area contributed by atoms with Gasteiger partial charge < -0.3 is 15.2 Å². The van der Waals surface area contributed by atoms with Gasteiger partial charge in [0.05, 0.1) is 5.41 Å². The van der Waals surface area contributed by atoms with Crippen molar-refractivity contribution in [3.63, 3.8) is 0 Å². The molecule has 5 nitrogen and oxygen atoms in total. The third-order valence-corrected chi connectivity index (χ3v) is 4.53. The number of ether oxygens (including phenoxy) is 1. The summed E-state index contributed by atoms with van der Waals surface area (Å²) in [4.78, 5) is 24.1. The largest absolute Gasteiger partial charge is 0.481 e. The fourth-order valence-corrected chi connectivity index (χ4v) is 3.65. The van der Waals surface area contributed by atoms with Crippen LogP contribution in [-0.4, -0.2) is 29.3 Å². The second kappa shape index (κ2) is 8.02. The normalized spacial score (nSPS) is 19.2. The lowest BCUT2D eigenvalue weighted by Gasteiger charge is -2.40. The van der Waals surface area contributed by atoms with Crippen LogP contribution in [0, 0.1) is 17.3 Å². The van der Waals surface area contributed by atoms with Gasteiger partial charge in [-0.05, 0) is 51.9 Å². The topological polar surface area (TPSA) is 75.6 Å². The minimum absolute atomic E-state index is 0.117. The van der Waals surface area contributed by atoms with Crippen molar-refractivity contribution in [2.24, 2.45) is 17.3 Å². The van der Waals surface area contributed by atoms with Crippen LogP contribution in [0.3, 0.4) is 0 Å². The smallest absolute Gasteiger partial charge is 0.407 e. The van der Waals surface area contributed by atoms with Crippen molar-refractivity contribution in [1.29, 1.82) is 0 Å². The molecule has 1 aliphatic carbocycles. The van der Waals surface area contributed by atoms with Crippen LogP contribution in [-0.2, 0) is 9.53 Å². The van der Waals surface area contributed by atoms with Crippen molar-refractivity contribution < 1.29 is 19.4 Å². The van der Waals surface area contributed by atoms with E-state index in [9.17, 15) is 14.7 Å². The van der Waals surface area contributed by atoms with Gasteiger partial charge in [0.1, 0.15) is 5.60 Å². The van der Waals surface area contributed by atoms with Crippen LogP contribution in [0.25, 0.3) is 0 Å². The van der Waals surface area contributed by atoms with E-state index < -0.39 is 23.1 Å². The van der Waals surface area contributed by atoms with E-state index in [0.29, 0.717) is 6.42 Å². The number of carboxylic acid groups (broad SMARTS) is 1. The summed E-state index contributed by atoms with van der Waals surface area (Å²) < 4.78 is 5.26. The molecule has 1 atom stereocenters. The Morgan fingerprint density at radius 3 is 2.17 bits per heavy atom. The molecule has 0 spiro atoms. The molecule has 1 rings (SSSR count). The average molecular weight is 327 g/mol. The van der Waals surface area contributed by atoms with E-state index in [2.05, 4.69) is 5.32 Å². The summed E-state index contributed by atoms with van der Waals surface area (Å²) in [5, 5.41) is 12.7. The summed E-state index contributed by atoms with van der Waals surface area (Å²) in [7, 11) is 0. The van der Waals surface area contributed by atoms with E-state index in [4.69, 9.17) is 4.74 Å². The molecular formula is C18H33NO4. The highest BCUT2D eigenvalue weighted by Crippen LogP contribution is 2.43.